The number of ether oxygens (including phenoxy) is 1. The maximum atomic E-state index is 13.4. The average molecular weight is 515 g/mol. The van der Waals surface area contributed by atoms with Crippen molar-refractivity contribution in [2.45, 2.75) is 51.3 Å². The Bertz CT molecular complexity index is 1140. The number of nitrogens with one attached hydrogen (secondary N) is 2. The van der Waals surface area contributed by atoms with Gasteiger partial charge in [0.1, 0.15) is 5.75 Å². The average Bonchev–Trinajstić information content (AvgIpc) is 2.86. The molecule has 2 saturated heterocycles. The molecule has 0 bridgehead atoms. The van der Waals surface area contributed by atoms with Gasteiger partial charge in [0.15, 0.2) is 0 Å². The Morgan fingerprint density at radius 1 is 0.917 bits per heavy atom. The van der Waals surface area contributed by atoms with Crippen LogP contribution >= 0.6 is 0 Å². The first kappa shape index (κ1) is 26.3. The van der Waals surface area contributed by atoms with Crippen LogP contribution in [0.4, 0.5) is 21.9 Å². The lowest BCUT2D eigenvalue weighted by Crippen LogP contribution is -2.38. The molecule has 2 aliphatic heterocycles. The third-order valence-corrected chi connectivity index (χ3v) is 9.04. The second-order valence-corrected chi connectivity index (χ2v) is 11.9. The van der Waals surface area contributed by atoms with Crippen LogP contribution in [0.1, 0.15) is 46.5 Å². The number of piperidine rings is 2. The molecule has 2 heterocycles. The Balaban J connectivity index is 1.57. The Morgan fingerprint density at radius 2 is 1.53 bits per heavy atom. The van der Waals surface area contributed by atoms with Gasteiger partial charge in [-0.2, -0.15) is 4.31 Å². The molecule has 196 valence electrons. The van der Waals surface area contributed by atoms with Crippen molar-refractivity contribution in [3.8, 4) is 5.75 Å². The number of sulfonamides is 1. The molecule has 8 nitrogen and oxygen atoms in total. The Morgan fingerprint density at radius 3 is 2.14 bits per heavy atom. The predicted octanol–water partition coefficient (Wildman–Crippen LogP) is 5.39. The number of nitrogens with zero attached hydrogens (tertiary/aromatic N) is 2. The van der Waals surface area contributed by atoms with Crippen LogP contribution in [0.2, 0.25) is 0 Å². The quantitative estimate of drug-likeness (QED) is 0.517. The van der Waals surface area contributed by atoms with Crippen molar-refractivity contribution in [2.24, 2.45) is 11.8 Å². The summed E-state index contributed by atoms with van der Waals surface area (Å²) < 4.78 is 33.8. The van der Waals surface area contributed by atoms with Gasteiger partial charge in [0.05, 0.1) is 22.9 Å². The normalized spacial score (nSPS) is 18.1. The maximum Gasteiger partial charge on any atom is 0.323 e. The number of carbonyl (C=O) groups is 1. The molecule has 0 saturated carbocycles. The van der Waals surface area contributed by atoms with Crippen LogP contribution in [0, 0.1) is 11.8 Å². The van der Waals surface area contributed by atoms with Gasteiger partial charge in [0.2, 0.25) is 10.0 Å². The lowest BCUT2D eigenvalue weighted by molar-refractivity contribution is 0.262. The summed E-state index contributed by atoms with van der Waals surface area (Å²) in [6.07, 6.45) is 3.84. The molecule has 2 aromatic rings. The third-order valence-electron chi connectivity index (χ3n) is 7.14. The molecule has 0 aliphatic carbocycles. The van der Waals surface area contributed by atoms with Gasteiger partial charge in [-0.25, -0.2) is 13.2 Å². The fraction of sp³-hybridized carbons (Fsp3) is 0.519. The minimum atomic E-state index is -3.64. The van der Waals surface area contributed by atoms with E-state index in [1.807, 2.05) is 13.0 Å². The number of amides is 2. The summed E-state index contributed by atoms with van der Waals surface area (Å²) in [6.45, 7) is 9.67. The van der Waals surface area contributed by atoms with Crippen molar-refractivity contribution in [2.75, 3.05) is 48.3 Å². The van der Waals surface area contributed by atoms with E-state index in [9.17, 15) is 13.2 Å². The van der Waals surface area contributed by atoms with Crippen LogP contribution in [-0.2, 0) is 10.0 Å². The van der Waals surface area contributed by atoms with E-state index in [1.165, 1.54) is 0 Å². The molecule has 0 radical (unpaired) electrons. The first-order valence-corrected chi connectivity index (χ1v) is 14.4. The van der Waals surface area contributed by atoms with Crippen LogP contribution in [0.3, 0.4) is 0 Å². The van der Waals surface area contributed by atoms with Crippen molar-refractivity contribution in [1.29, 1.82) is 0 Å². The molecule has 9 heteroatoms. The Hall–Kier alpha value is -2.78. The van der Waals surface area contributed by atoms with Crippen LogP contribution in [0.15, 0.2) is 47.4 Å². The third kappa shape index (κ3) is 6.31. The number of benzene rings is 2. The molecule has 0 unspecified atom stereocenters. The van der Waals surface area contributed by atoms with Gasteiger partial charge in [0.25, 0.3) is 0 Å². The number of hydrogen-bond donors (Lipinski definition) is 2. The van der Waals surface area contributed by atoms with Gasteiger partial charge in [-0.05, 0) is 86.9 Å². The summed E-state index contributed by atoms with van der Waals surface area (Å²) in [6, 6.07) is 11.8. The van der Waals surface area contributed by atoms with E-state index in [0.29, 0.717) is 42.9 Å². The van der Waals surface area contributed by atoms with Gasteiger partial charge < -0.3 is 20.3 Å². The molecule has 0 atom stereocenters. The van der Waals surface area contributed by atoms with Gasteiger partial charge >= 0.3 is 6.03 Å². The summed E-state index contributed by atoms with van der Waals surface area (Å²) in [5.41, 5.74) is 1.96. The topological polar surface area (TPSA) is 91.0 Å². The van der Waals surface area contributed by atoms with E-state index in [2.05, 4.69) is 29.4 Å². The molecule has 0 spiro atoms. The van der Waals surface area contributed by atoms with Crippen molar-refractivity contribution < 1.29 is 17.9 Å². The minimum absolute atomic E-state index is 0.211. The molecular weight excluding hydrogens is 476 g/mol. The maximum absolute atomic E-state index is 13.4. The van der Waals surface area contributed by atoms with Crippen LogP contribution < -0.4 is 20.3 Å². The lowest BCUT2D eigenvalue weighted by Gasteiger charge is -2.34. The summed E-state index contributed by atoms with van der Waals surface area (Å²) >= 11 is 0. The lowest BCUT2D eigenvalue weighted by atomic mass is 9.98. The predicted molar refractivity (Wildman–Crippen MR) is 144 cm³/mol. The molecule has 4 rings (SSSR count). The second-order valence-electron chi connectivity index (χ2n) is 9.97. The van der Waals surface area contributed by atoms with Crippen molar-refractivity contribution >= 4 is 33.1 Å². The molecule has 2 aromatic carbocycles. The smallest absolute Gasteiger partial charge is 0.323 e. The molecule has 2 aliphatic rings. The highest BCUT2D eigenvalue weighted by molar-refractivity contribution is 7.89. The zero-order valence-electron chi connectivity index (χ0n) is 21.5. The van der Waals surface area contributed by atoms with Gasteiger partial charge in [0, 0.05) is 31.9 Å². The number of anilines is 3. The van der Waals surface area contributed by atoms with E-state index < -0.39 is 16.1 Å². The highest BCUT2D eigenvalue weighted by atomic mass is 32.2. The molecule has 2 fully saturated rings. The van der Waals surface area contributed by atoms with E-state index in [-0.39, 0.29) is 4.90 Å². The SMILES string of the molecule is CCOc1ccc(NC(=O)Nc2cc(S(=O)(=O)N3CCC(C)CC3)ccc2N2CCC(C)CC2)cc1. The first-order valence-electron chi connectivity index (χ1n) is 13.0. The summed E-state index contributed by atoms with van der Waals surface area (Å²) in [7, 11) is -3.64. The van der Waals surface area contributed by atoms with E-state index in [1.54, 1.807) is 40.7 Å². The molecule has 2 N–H and O–H groups in total. The minimum Gasteiger partial charge on any atom is -0.494 e. The van der Waals surface area contributed by atoms with Crippen LogP contribution in [0.5, 0.6) is 5.75 Å². The molecule has 36 heavy (non-hydrogen) atoms. The zero-order chi connectivity index (χ0) is 25.7. The monoisotopic (exact) mass is 514 g/mol. The summed E-state index contributed by atoms with van der Waals surface area (Å²) in [5.74, 6) is 1.92. The van der Waals surface area contributed by atoms with E-state index in [4.69, 9.17) is 4.74 Å². The van der Waals surface area contributed by atoms with Gasteiger partial charge in [-0.15, -0.1) is 0 Å². The zero-order valence-corrected chi connectivity index (χ0v) is 22.3. The fourth-order valence-electron chi connectivity index (χ4n) is 4.76. The van der Waals surface area contributed by atoms with Crippen LogP contribution in [0.25, 0.3) is 0 Å². The fourth-order valence-corrected chi connectivity index (χ4v) is 6.26. The second kappa shape index (κ2) is 11.5. The molecular formula is C27H38N4O4S. The molecule has 0 aromatic heterocycles. The standard InChI is InChI=1S/C27H38N4O4S/c1-4-35-23-7-5-22(6-8-23)28-27(32)29-25-19-24(36(33,34)31-17-13-21(3)14-18-31)9-10-26(25)30-15-11-20(2)12-16-30/h5-10,19-21H,4,11-18H2,1-3H3,(H2,28,29,32). The largest absolute Gasteiger partial charge is 0.494 e. The summed E-state index contributed by atoms with van der Waals surface area (Å²) in [4.78, 5) is 15.4. The Kier molecular flexibility index (Phi) is 8.41. The van der Waals surface area contributed by atoms with Gasteiger partial charge in [-0.1, -0.05) is 13.8 Å². The number of urea groups is 1. The number of rotatable bonds is 7. The van der Waals surface area contributed by atoms with Crippen molar-refractivity contribution in [1.82, 2.24) is 4.31 Å². The molecule has 2 amide bonds. The summed E-state index contributed by atoms with van der Waals surface area (Å²) in [5, 5.41) is 5.76. The highest BCUT2D eigenvalue weighted by Gasteiger charge is 2.29. The van der Waals surface area contributed by atoms with Crippen molar-refractivity contribution in [3.05, 3.63) is 42.5 Å². The van der Waals surface area contributed by atoms with Crippen LogP contribution in [-0.4, -0.2) is 51.5 Å². The first-order chi connectivity index (χ1) is 17.3. The highest BCUT2D eigenvalue weighted by Crippen LogP contribution is 2.34. The number of hydrogen-bond acceptors (Lipinski definition) is 5. The van der Waals surface area contributed by atoms with E-state index in [0.717, 1.165) is 50.2 Å². The van der Waals surface area contributed by atoms with Gasteiger partial charge in [-0.3, -0.25) is 0 Å². The number of carbonyl (C=O) groups excluding carboxylic acids is 1. The van der Waals surface area contributed by atoms with E-state index >= 15 is 0 Å². The Labute approximate surface area is 215 Å². The van der Waals surface area contributed by atoms with Crippen molar-refractivity contribution in [3.63, 3.8) is 0 Å².